The molecule has 6 nitrogen and oxygen atoms in total. The standard InChI is InChI=1S/C16H21ClF2N2O4/c1-16(2,3)21-15(23)25-12(9-24-14(18)19)13(22)20-8-10-5-4-6-11(17)7-10/h4-7,12,14H,8-9H2,1-3H3,(H,20,22)(H,21,23)/t12-/m1/s1. The average Bonchev–Trinajstić information content (AvgIpc) is 2.47. The summed E-state index contributed by atoms with van der Waals surface area (Å²) < 4.78 is 33.5. The van der Waals surface area contributed by atoms with Crippen molar-refractivity contribution in [3.05, 3.63) is 34.9 Å². The summed E-state index contributed by atoms with van der Waals surface area (Å²) in [5.41, 5.74) is 0.0937. The summed E-state index contributed by atoms with van der Waals surface area (Å²) >= 11 is 5.84. The van der Waals surface area contributed by atoms with Gasteiger partial charge in [0.25, 0.3) is 5.91 Å². The number of alkyl halides is 2. The van der Waals surface area contributed by atoms with E-state index in [9.17, 15) is 18.4 Å². The second-order valence-corrected chi connectivity index (χ2v) is 6.65. The lowest BCUT2D eigenvalue weighted by Crippen LogP contribution is -2.47. The molecule has 9 heteroatoms. The molecule has 25 heavy (non-hydrogen) atoms. The Labute approximate surface area is 149 Å². The van der Waals surface area contributed by atoms with Crippen LogP contribution in [0.5, 0.6) is 0 Å². The normalized spacial score (nSPS) is 12.6. The number of carbonyl (C=O) groups excluding carboxylic acids is 2. The van der Waals surface area contributed by atoms with Crippen LogP contribution in [0.25, 0.3) is 0 Å². The van der Waals surface area contributed by atoms with Crippen molar-refractivity contribution < 1.29 is 27.8 Å². The molecule has 2 amide bonds. The number of alkyl carbamates (subject to hydrolysis) is 1. The Morgan fingerprint density at radius 2 is 1.96 bits per heavy atom. The molecular weight excluding hydrogens is 358 g/mol. The number of nitrogens with one attached hydrogen (secondary N) is 2. The molecule has 2 N–H and O–H groups in total. The predicted octanol–water partition coefficient (Wildman–Crippen LogP) is 3.09. The number of amides is 2. The quantitative estimate of drug-likeness (QED) is 0.764. The first-order valence-corrected chi connectivity index (χ1v) is 7.85. The molecular formula is C16H21ClF2N2O4. The fourth-order valence-corrected chi connectivity index (χ4v) is 1.95. The van der Waals surface area contributed by atoms with Crippen molar-refractivity contribution in [2.75, 3.05) is 6.61 Å². The van der Waals surface area contributed by atoms with Gasteiger partial charge in [0.1, 0.15) is 0 Å². The van der Waals surface area contributed by atoms with E-state index >= 15 is 0 Å². The molecule has 0 aliphatic rings. The van der Waals surface area contributed by atoms with Crippen LogP contribution in [0.15, 0.2) is 24.3 Å². The Hall–Kier alpha value is -1.93. The molecule has 1 aromatic carbocycles. The number of benzene rings is 1. The summed E-state index contributed by atoms with van der Waals surface area (Å²) in [7, 11) is 0. The van der Waals surface area contributed by atoms with E-state index in [1.54, 1.807) is 45.0 Å². The number of rotatable bonds is 7. The molecule has 0 spiro atoms. The van der Waals surface area contributed by atoms with Crippen molar-refractivity contribution in [1.82, 2.24) is 10.6 Å². The van der Waals surface area contributed by atoms with Crippen molar-refractivity contribution in [2.24, 2.45) is 0 Å². The third-order valence-electron chi connectivity index (χ3n) is 2.75. The van der Waals surface area contributed by atoms with Gasteiger partial charge in [-0.1, -0.05) is 23.7 Å². The van der Waals surface area contributed by atoms with Crippen LogP contribution in [-0.4, -0.2) is 36.9 Å². The van der Waals surface area contributed by atoms with Crippen molar-refractivity contribution >= 4 is 23.6 Å². The summed E-state index contributed by atoms with van der Waals surface area (Å²) in [6.07, 6.45) is -2.43. The molecule has 0 aliphatic carbocycles. The van der Waals surface area contributed by atoms with Gasteiger partial charge >= 0.3 is 12.7 Å². The Morgan fingerprint density at radius 1 is 1.28 bits per heavy atom. The molecule has 0 aliphatic heterocycles. The highest BCUT2D eigenvalue weighted by Gasteiger charge is 2.26. The summed E-state index contributed by atoms with van der Waals surface area (Å²) in [6.45, 7) is 1.36. The zero-order valence-electron chi connectivity index (χ0n) is 14.1. The fraction of sp³-hybridized carbons (Fsp3) is 0.500. The summed E-state index contributed by atoms with van der Waals surface area (Å²) in [6, 6.07) is 6.74. The molecule has 0 bridgehead atoms. The zero-order valence-corrected chi connectivity index (χ0v) is 14.9. The lowest BCUT2D eigenvalue weighted by atomic mass is 10.1. The van der Waals surface area contributed by atoms with Crippen LogP contribution in [0.4, 0.5) is 13.6 Å². The molecule has 1 atom stereocenters. The van der Waals surface area contributed by atoms with E-state index in [1.165, 1.54) is 0 Å². The number of halogens is 3. The van der Waals surface area contributed by atoms with E-state index < -0.39 is 36.9 Å². The summed E-state index contributed by atoms with van der Waals surface area (Å²) in [4.78, 5) is 23.9. The average molecular weight is 379 g/mol. The van der Waals surface area contributed by atoms with Gasteiger partial charge in [-0.15, -0.1) is 0 Å². The molecule has 0 unspecified atom stereocenters. The molecule has 140 valence electrons. The van der Waals surface area contributed by atoms with Crippen molar-refractivity contribution in [3.63, 3.8) is 0 Å². The van der Waals surface area contributed by atoms with Crippen LogP contribution >= 0.6 is 11.6 Å². The van der Waals surface area contributed by atoms with Crippen LogP contribution in [0.3, 0.4) is 0 Å². The second kappa shape index (κ2) is 9.53. The van der Waals surface area contributed by atoms with Crippen molar-refractivity contribution in [3.8, 4) is 0 Å². The first-order chi connectivity index (χ1) is 11.6. The third-order valence-corrected chi connectivity index (χ3v) is 2.98. The Morgan fingerprint density at radius 3 is 2.52 bits per heavy atom. The van der Waals surface area contributed by atoms with Gasteiger partial charge in [0, 0.05) is 17.1 Å². The number of ether oxygens (including phenoxy) is 2. The minimum atomic E-state index is -3.09. The SMILES string of the molecule is CC(C)(C)NC(=O)O[C@H](COC(F)F)C(=O)NCc1cccc(Cl)c1. The molecule has 0 heterocycles. The van der Waals surface area contributed by atoms with Gasteiger partial charge in [-0.2, -0.15) is 8.78 Å². The third kappa shape index (κ3) is 9.21. The van der Waals surface area contributed by atoms with Crippen LogP contribution < -0.4 is 10.6 Å². The van der Waals surface area contributed by atoms with E-state index in [1.807, 2.05) is 0 Å². The van der Waals surface area contributed by atoms with Gasteiger partial charge in [0.2, 0.25) is 6.10 Å². The highest BCUT2D eigenvalue weighted by Crippen LogP contribution is 2.10. The Balaban J connectivity index is 2.66. The molecule has 1 rings (SSSR count). The van der Waals surface area contributed by atoms with Crippen LogP contribution in [0.1, 0.15) is 26.3 Å². The van der Waals surface area contributed by atoms with Crippen molar-refractivity contribution in [2.45, 2.75) is 45.6 Å². The molecule has 0 saturated heterocycles. The largest absolute Gasteiger partial charge is 0.434 e. The van der Waals surface area contributed by atoms with Gasteiger partial charge in [0.05, 0.1) is 6.61 Å². The predicted molar refractivity (Wildman–Crippen MR) is 88.4 cm³/mol. The van der Waals surface area contributed by atoms with Gasteiger partial charge < -0.3 is 20.1 Å². The molecule has 0 fully saturated rings. The fourth-order valence-electron chi connectivity index (χ4n) is 1.74. The number of hydrogen-bond donors (Lipinski definition) is 2. The lowest BCUT2D eigenvalue weighted by Gasteiger charge is -2.23. The van der Waals surface area contributed by atoms with Gasteiger partial charge in [-0.25, -0.2) is 4.79 Å². The van der Waals surface area contributed by atoms with E-state index in [-0.39, 0.29) is 6.54 Å². The van der Waals surface area contributed by atoms with Gasteiger partial charge in [-0.05, 0) is 38.5 Å². The maximum atomic E-state index is 12.2. The smallest absolute Gasteiger partial charge is 0.408 e. The van der Waals surface area contributed by atoms with E-state index in [4.69, 9.17) is 16.3 Å². The summed E-state index contributed by atoms with van der Waals surface area (Å²) in [5.74, 6) is -0.760. The van der Waals surface area contributed by atoms with Crippen LogP contribution in [0, 0.1) is 0 Å². The number of hydrogen-bond acceptors (Lipinski definition) is 4. The van der Waals surface area contributed by atoms with Crippen molar-refractivity contribution in [1.29, 1.82) is 0 Å². The first-order valence-electron chi connectivity index (χ1n) is 7.47. The minimum absolute atomic E-state index is 0.0921. The topological polar surface area (TPSA) is 76.7 Å². The highest BCUT2D eigenvalue weighted by molar-refractivity contribution is 6.30. The van der Waals surface area contributed by atoms with E-state index in [2.05, 4.69) is 15.4 Å². The molecule has 0 aromatic heterocycles. The molecule has 0 saturated carbocycles. The zero-order chi connectivity index (χ0) is 19.0. The van der Waals surface area contributed by atoms with E-state index in [0.717, 1.165) is 0 Å². The summed E-state index contributed by atoms with van der Waals surface area (Å²) in [5, 5.41) is 5.45. The maximum Gasteiger partial charge on any atom is 0.408 e. The van der Waals surface area contributed by atoms with Gasteiger partial charge in [-0.3, -0.25) is 4.79 Å². The van der Waals surface area contributed by atoms with E-state index in [0.29, 0.717) is 10.6 Å². The van der Waals surface area contributed by atoms with Crippen LogP contribution in [0.2, 0.25) is 5.02 Å². The van der Waals surface area contributed by atoms with Crippen LogP contribution in [-0.2, 0) is 20.8 Å². The minimum Gasteiger partial charge on any atom is -0.434 e. The Bertz CT molecular complexity index is 594. The highest BCUT2D eigenvalue weighted by atomic mass is 35.5. The number of carbonyl (C=O) groups is 2. The molecule has 1 aromatic rings. The second-order valence-electron chi connectivity index (χ2n) is 6.21. The molecule has 0 radical (unpaired) electrons. The Kier molecular flexibility index (Phi) is 8.05. The maximum absolute atomic E-state index is 12.2. The monoisotopic (exact) mass is 378 g/mol. The lowest BCUT2D eigenvalue weighted by molar-refractivity contribution is -0.158. The first kappa shape index (κ1) is 21.1. The van der Waals surface area contributed by atoms with Gasteiger partial charge in [0.15, 0.2) is 0 Å².